The van der Waals surface area contributed by atoms with Crippen molar-refractivity contribution in [1.82, 2.24) is 9.97 Å². The van der Waals surface area contributed by atoms with Gasteiger partial charge in [0.25, 0.3) is 5.69 Å². The number of nitro benzene ring substituents is 1. The fourth-order valence-corrected chi connectivity index (χ4v) is 4.71. The van der Waals surface area contributed by atoms with Crippen molar-refractivity contribution < 1.29 is 38.5 Å². The van der Waals surface area contributed by atoms with Gasteiger partial charge in [-0.1, -0.05) is 42.5 Å². The maximum Gasteiger partial charge on any atom is 2.00 e. The summed E-state index contributed by atoms with van der Waals surface area (Å²) in [5.74, 6) is 0.878. The number of pyridine rings is 2. The molecule has 0 N–H and O–H groups in total. The second-order valence-electron chi connectivity index (χ2n) is 8.30. The Balaban J connectivity index is 0.000000264. The van der Waals surface area contributed by atoms with E-state index in [1.165, 1.54) is 12.1 Å². The Hall–Kier alpha value is -4.69. The van der Waals surface area contributed by atoms with Gasteiger partial charge in [-0.3, -0.25) is 20.1 Å². The molecule has 0 bridgehead atoms. The average Bonchev–Trinajstić information content (AvgIpc) is 3.03. The molecule has 0 aliphatic carbocycles. The van der Waals surface area contributed by atoms with E-state index in [1.54, 1.807) is 37.8 Å². The summed E-state index contributed by atoms with van der Waals surface area (Å²) >= 11 is 0. The molecular weight excluding hydrogens is 647 g/mol. The maximum atomic E-state index is 12.7. The Morgan fingerprint density at radius 3 is 2.05 bits per heavy atom. The first-order valence-electron chi connectivity index (χ1n) is 12.2. The first kappa shape index (κ1) is 31.8. The van der Waals surface area contributed by atoms with Crippen LogP contribution in [0.15, 0.2) is 133 Å². The van der Waals surface area contributed by atoms with Crippen LogP contribution in [0.5, 0.6) is 5.75 Å². The summed E-state index contributed by atoms with van der Waals surface area (Å²) in [6.07, 6.45) is 5.14. The summed E-state index contributed by atoms with van der Waals surface area (Å²) < 4.78 is 34.3. The van der Waals surface area contributed by atoms with Gasteiger partial charge in [0.15, 0.2) is 0 Å². The molecule has 0 saturated heterocycles. The van der Waals surface area contributed by atoms with Crippen molar-refractivity contribution >= 4 is 43.1 Å². The van der Waals surface area contributed by atoms with E-state index < -0.39 is 14.9 Å². The first-order valence-corrected chi connectivity index (χ1v) is 13.7. The van der Waals surface area contributed by atoms with Crippen molar-refractivity contribution in [2.45, 2.75) is 4.90 Å². The normalized spacial score (nSPS) is 10.2. The van der Waals surface area contributed by atoms with E-state index in [0.717, 1.165) is 28.7 Å². The predicted molar refractivity (Wildman–Crippen MR) is 159 cm³/mol. The second-order valence-corrected chi connectivity index (χ2v) is 9.90. The van der Waals surface area contributed by atoms with Gasteiger partial charge in [0.2, 0.25) is 0 Å². The standard InChI is InChI=1S/C19H12N3O4S.C7H7O.C5H5N.Pd/c23-22(24)15-8-10-16(11-9-15)27(25,26)21-17-5-1-3-13-6-7-14-4-2-12-20-19(14)18(13)17;1-8-7-5-3-2-4-6-7;1-2-4-6-5-3-1;/h1-12H;3-6H,1H3;1-5H;/q2*-1;;+2. The van der Waals surface area contributed by atoms with Gasteiger partial charge in [-0.2, -0.15) is 18.2 Å². The molecule has 0 atom stereocenters. The summed E-state index contributed by atoms with van der Waals surface area (Å²) in [6.45, 7) is 0. The molecule has 2 heterocycles. The second kappa shape index (κ2) is 15.4. The van der Waals surface area contributed by atoms with Crippen molar-refractivity contribution in [3.63, 3.8) is 0 Å². The minimum absolute atomic E-state index is 0. The van der Waals surface area contributed by atoms with Crippen molar-refractivity contribution in [3.05, 3.63) is 149 Å². The molecule has 0 aliphatic heterocycles. The first-order chi connectivity index (χ1) is 19.9. The zero-order valence-electron chi connectivity index (χ0n) is 22.2. The summed E-state index contributed by atoms with van der Waals surface area (Å²) in [6, 6.07) is 33.3. The van der Waals surface area contributed by atoms with Gasteiger partial charge in [-0.15, -0.1) is 17.8 Å². The number of ether oxygens (including phenoxy) is 1. The van der Waals surface area contributed by atoms with Gasteiger partial charge in [0.05, 0.1) is 22.4 Å². The Labute approximate surface area is 257 Å². The van der Waals surface area contributed by atoms with Crippen molar-refractivity contribution in [3.8, 4) is 5.75 Å². The molecule has 0 radical (unpaired) electrons. The van der Waals surface area contributed by atoms with Crippen LogP contribution >= 0.6 is 0 Å². The Kier molecular flexibility index (Phi) is 11.6. The van der Waals surface area contributed by atoms with Crippen molar-refractivity contribution in [2.24, 2.45) is 0 Å². The van der Waals surface area contributed by atoms with E-state index in [9.17, 15) is 18.5 Å². The van der Waals surface area contributed by atoms with Crippen LogP contribution in [0.1, 0.15) is 0 Å². The Bertz CT molecular complexity index is 1810. The molecule has 9 nitrogen and oxygen atoms in total. The number of hydrogen-bond acceptors (Lipinski definition) is 7. The molecule has 2 aromatic heterocycles. The fourth-order valence-electron chi connectivity index (χ4n) is 3.71. The molecule has 6 rings (SSSR count). The third-order valence-electron chi connectivity index (χ3n) is 5.65. The number of fused-ring (bicyclic) bond motifs is 3. The molecule has 11 heteroatoms. The number of aromatic nitrogens is 2. The molecule has 0 saturated carbocycles. The molecule has 0 amide bonds. The van der Waals surface area contributed by atoms with Crippen LogP contribution in [0, 0.1) is 16.2 Å². The molecule has 0 fully saturated rings. The molecule has 0 unspecified atom stereocenters. The Morgan fingerprint density at radius 2 is 1.48 bits per heavy atom. The minimum atomic E-state index is -4.04. The van der Waals surface area contributed by atoms with Gasteiger partial charge >= 0.3 is 20.4 Å². The number of non-ortho nitro benzene ring substituents is 1. The summed E-state index contributed by atoms with van der Waals surface area (Å²) in [5, 5.41) is 13.1. The number of sulfonamides is 1. The number of hydrogen-bond donors (Lipinski definition) is 0. The van der Waals surface area contributed by atoms with Gasteiger partial charge < -0.3 is 9.46 Å². The van der Waals surface area contributed by atoms with E-state index in [4.69, 9.17) is 4.74 Å². The minimum Gasteiger partial charge on any atom is -0.572 e. The summed E-state index contributed by atoms with van der Waals surface area (Å²) in [5.41, 5.74) is 0.748. The van der Waals surface area contributed by atoms with Crippen LogP contribution in [0.2, 0.25) is 0 Å². The largest absolute Gasteiger partial charge is 2.00 e. The molecule has 42 heavy (non-hydrogen) atoms. The molecule has 214 valence electrons. The predicted octanol–water partition coefficient (Wildman–Crippen LogP) is 7.26. The van der Waals surface area contributed by atoms with Crippen LogP contribution in [0.3, 0.4) is 0 Å². The van der Waals surface area contributed by atoms with E-state index in [1.807, 2.05) is 72.8 Å². The molecule has 0 spiro atoms. The smallest absolute Gasteiger partial charge is 0.572 e. The van der Waals surface area contributed by atoms with Crippen LogP contribution < -0.4 is 4.74 Å². The monoisotopic (exact) mass is 670 g/mol. The summed E-state index contributed by atoms with van der Waals surface area (Å²) in [4.78, 5) is 18.2. The number of nitro groups is 1. The van der Waals surface area contributed by atoms with Gasteiger partial charge in [0, 0.05) is 41.9 Å². The van der Waals surface area contributed by atoms with Gasteiger partial charge in [-0.25, -0.2) is 8.42 Å². The van der Waals surface area contributed by atoms with E-state index in [0.29, 0.717) is 10.9 Å². The molecule has 0 aliphatic rings. The topological polar surface area (TPSA) is 126 Å². The van der Waals surface area contributed by atoms with Crippen molar-refractivity contribution in [1.29, 1.82) is 0 Å². The summed E-state index contributed by atoms with van der Waals surface area (Å²) in [7, 11) is -2.39. The van der Waals surface area contributed by atoms with Crippen LogP contribution in [-0.4, -0.2) is 30.4 Å². The molecule has 4 aromatic carbocycles. The van der Waals surface area contributed by atoms with Crippen molar-refractivity contribution in [2.75, 3.05) is 7.11 Å². The third kappa shape index (κ3) is 8.41. The zero-order chi connectivity index (χ0) is 29.1. The fraction of sp³-hybridized carbons (Fsp3) is 0.0323. The third-order valence-corrected chi connectivity index (χ3v) is 6.95. The Morgan fingerprint density at radius 1 is 0.810 bits per heavy atom. The van der Waals surface area contributed by atoms with E-state index in [2.05, 4.69) is 20.8 Å². The quantitative estimate of drug-likeness (QED) is 0.0621. The average molecular weight is 671 g/mol. The van der Waals surface area contributed by atoms with E-state index in [-0.39, 0.29) is 36.7 Å². The van der Waals surface area contributed by atoms with Crippen LogP contribution in [0.4, 0.5) is 11.4 Å². The number of benzene rings is 4. The van der Waals surface area contributed by atoms with E-state index >= 15 is 0 Å². The van der Waals surface area contributed by atoms with Gasteiger partial charge in [0.1, 0.15) is 10.0 Å². The van der Waals surface area contributed by atoms with Gasteiger partial charge in [-0.05, 0) is 41.1 Å². The number of rotatable bonds is 5. The van der Waals surface area contributed by atoms with Crippen LogP contribution in [-0.2, 0) is 30.4 Å². The number of nitrogens with zero attached hydrogens (tertiary/aromatic N) is 4. The maximum absolute atomic E-state index is 12.7. The van der Waals surface area contributed by atoms with Crippen LogP contribution in [0.25, 0.3) is 26.4 Å². The number of methoxy groups -OCH3 is 1. The molecule has 6 aromatic rings. The zero-order valence-corrected chi connectivity index (χ0v) is 24.6. The SMILES string of the molecule is COc1cc[c-]cc1.O=[N+]([O-])c1ccc(S(=O)(=O)[N-]c2cccc3ccc4cccnc4c23)cc1.[Pd+2].c1ccncc1. The molecular formula is C31H24N4O5PdS.